The minimum atomic E-state index is -0.440. The molecule has 0 amide bonds. The fourth-order valence-corrected chi connectivity index (χ4v) is 2.98. The molecule has 3 heterocycles. The number of hydrogen-bond acceptors (Lipinski definition) is 7. The molecule has 0 bridgehead atoms. The van der Waals surface area contributed by atoms with Crippen molar-refractivity contribution >= 4 is 27.9 Å². The Kier molecular flexibility index (Phi) is 3.32. The lowest BCUT2D eigenvalue weighted by Gasteiger charge is -2.25. The molecule has 0 radical (unpaired) electrons. The van der Waals surface area contributed by atoms with Crippen molar-refractivity contribution in [1.82, 2.24) is 9.38 Å². The van der Waals surface area contributed by atoms with Crippen molar-refractivity contribution in [2.75, 3.05) is 32.2 Å². The van der Waals surface area contributed by atoms with Gasteiger partial charge in [-0.05, 0) is 4.92 Å². The van der Waals surface area contributed by atoms with Crippen molar-refractivity contribution in [2.45, 2.75) is 12.0 Å². The van der Waals surface area contributed by atoms with E-state index in [9.17, 15) is 10.1 Å². The van der Waals surface area contributed by atoms with Gasteiger partial charge < -0.3 is 24.9 Å². The highest BCUT2D eigenvalue weighted by molar-refractivity contribution is 7.15. The SMILES string of the molecule is COC1(CNc2nc3sccn3c2[N+](=O)[O-])CCOC1. The number of anilines is 1. The fraction of sp³-hybridized carbons (Fsp3) is 0.545. The summed E-state index contributed by atoms with van der Waals surface area (Å²) >= 11 is 1.35. The first kappa shape index (κ1) is 13.3. The zero-order valence-electron chi connectivity index (χ0n) is 10.9. The summed E-state index contributed by atoms with van der Waals surface area (Å²) in [6.45, 7) is 1.54. The average molecular weight is 298 g/mol. The molecule has 0 spiro atoms. The molecule has 20 heavy (non-hydrogen) atoms. The van der Waals surface area contributed by atoms with Crippen LogP contribution in [-0.4, -0.2) is 46.8 Å². The zero-order valence-corrected chi connectivity index (χ0v) is 11.7. The largest absolute Gasteiger partial charge is 0.378 e. The number of nitrogens with zero attached hydrogens (tertiary/aromatic N) is 3. The molecule has 1 aliphatic heterocycles. The lowest BCUT2D eigenvalue weighted by molar-refractivity contribution is -0.389. The van der Waals surface area contributed by atoms with Crippen molar-refractivity contribution in [3.8, 4) is 0 Å². The normalized spacial score (nSPS) is 22.4. The van der Waals surface area contributed by atoms with E-state index in [2.05, 4.69) is 10.3 Å². The third-order valence-electron chi connectivity index (χ3n) is 3.49. The second-order valence-corrected chi connectivity index (χ2v) is 5.51. The number of nitro groups is 1. The Morgan fingerprint density at radius 2 is 2.60 bits per heavy atom. The molecule has 0 aromatic carbocycles. The Bertz CT molecular complexity index is 631. The van der Waals surface area contributed by atoms with Gasteiger partial charge in [-0.25, -0.2) is 0 Å². The predicted molar refractivity (Wildman–Crippen MR) is 73.4 cm³/mol. The van der Waals surface area contributed by atoms with Crippen LogP contribution in [0.3, 0.4) is 0 Å². The highest BCUT2D eigenvalue weighted by atomic mass is 32.1. The van der Waals surface area contributed by atoms with Gasteiger partial charge in [0.2, 0.25) is 5.82 Å². The van der Waals surface area contributed by atoms with E-state index < -0.39 is 10.5 Å². The minimum Gasteiger partial charge on any atom is -0.378 e. The summed E-state index contributed by atoms with van der Waals surface area (Å²) in [5.41, 5.74) is -0.440. The van der Waals surface area contributed by atoms with Crippen LogP contribution >= 0.6 is 11.3 Å². The number of imidazole rings is 1. The Labute approximate surface area is 118 Å². The van der Waals surface area contributed by atoms with E-state index in [0.29, 0.717) is 24.7 Å². The van der Waals surface area contributed by atoms with E-state index >= 15 is 0 Å². The van der Waals surface area contributed by atoms with Crippen LogP contribution < -0.4 is 5.32 Å². The van der Waals surface area contributed by atoms with Gasteiger partial charge in [0.15, 0.2) is 0 Å². The number of ether oxygens (including phenoxy) is 2. The second-order valence-electron chi connectivity index (χ2n) is 4.64. The zero-order chi connectivity index (χ0) is 14.2. The maximum Gasteiger partial charge on any atom is 0.372 e. The molecule has 1 aliphatic rings. The van der Waals surface area contributed by atoms with Gasteiger partial charge in [-0.2, -0.15) is 9.38 Å². The summed E-state index contributed by atoms with van der Waals surface area (Å²) in [7, 11) is 1.62. The Hall–Kier alpha value is -1.71. The summed E-state index contributed by atoms with van der Waals surface area (Å²) in [6.07, 6.45) is 2.40. The van der Waals surface area contributed by atoms with Gasteiger partial charge in [0.05, 0.1) is 6.61 Å². The Morgan fingerprint density at radius 3 is 3.25 bits per heavy atom. The molecule has 8 nitrogen and oxygen atoms in total. The lowest BCUT2D eigenvalue weighted by atomic mass is 10.0. The monoisotopic (exact) mass is 298 g/mol. The summed E-state index contributed by atoms with van der Waals surface area (Å²) in [5, 5.41) is 16.0. The summed E-state index contributed by atoms with van der Waals surface area (Å²) in [6, 6.07) is 0. The number of methoxy groups -OCH3 is 1. The van der Waals surface area contributed by atoms with Crippen LogP contribution in [0, 0.1) is 10.1 Å². The first-order chi connectivity index (χ1) is 9.65. The van der Waals surface area contributed by atoms with Crippen LogP contribution in [0.2, 0.25) is 0 Å². The molecule has 1 fully saturated rings. The summed E-state index contributed by atoms with van der Waals surface area (Å²) in [4.78, 5) is 15.6. The molecule has 0 saturated carbocycles. The van der Waals surface area contributed by atoms with Crippen molar-refractivity contribution in [1.29, 1.82) is 0 Å². The molecule has 3 rings (SSSR count). The quantitative estimate of drug-likeness (QED) is 0.665. The molecule has 9 heteroatoms. The van der Waals surface area contributed by atoms with E-state index in [0.717, 1.165) is 6.42 Å². The number of rotatable bonds is 5. The van der Waals surface area contributed by atoms with Crippen LogP contribution in [0.5, 0.6) is 0 Å². The molecule has 1 N–H and O–H groups in total. The summed E-state index contributed by atoms with van der Waals surface area (Å²) in [5.74, 6) is 0.219. The van der Waals surface area contributed by atoms with E-state index in [-0.39, 0.29) is 11.6 Å². The molecule has 108 valence electrons. The van der Waals surface area contributed by atoms with Crippen LogP contribution in [0.4, 0.5) is 11.6 Å². The van der Waals surface area contributed by atoms with Gasteiger partial charge in [-0.15, -0.1) is 0 Å². The topological polar surface area (TPSA) is 90.9 Å². The number of hydrogen-bond donors (Lipinski definition) is 1. The lowest BCUT2D eigenvalue weighted by Crippen LogP contribution is -2.39. The smallest absolute Gasteiger partial charge is 0.372 e. The van der Waals surface area contributed by atoms with Gasteiger partial charge in [-0.3, -0.25) is 0 Å². The Morgan fingerprint density at radius 1 is 1.75 bits per heavy atom. The Balaban J connectivity index is 1.85. The van der Waals surface area contributed by atoms with Crippen LogP contribution in [0.1, 0.15) is 6.42 Å². The first-order valence-electron chi connectivity index (χ1n) is 6.12. The van der Waals surface area contributed by atoms with Crippen molar-refractivity contribution in [3.63, 3.8) is 0 Å². The standard InChI is InChI=1S/C11H14N4O4S/c1-18-11(2-4-19-7-11)6-12-8-9(15(16)17)14-3-5-20-10(14)13-8/h3,5,12H,2,4,6-7H2,1H3. The summed E-state index contributed by atoms with van der Waals surface area (Å²) < 4.78 is 12.3. The third kappa shape index (κ3) is 2.13. The van der Waals surface area contributed by atoms with Crippen molar-refractivity contribution in [3.05, 3.63) is 21.7 Å². The van der Waals surface area contributed by atoms with E-state index in [1.807, 2.05) is 0 Å². The first-order valence-corrected chi connectivity index (χ1v) is 7.00. The molecule has 1 unspecified atom stereocenters. The van der Waals surface area contributed by atoms with Crippen LogP contribution in [0.15, 0.2) is 11.6 Å². The van der Waals surface area contributed by atoms with Crippen molar-refractivity contribution in [2.24, 2.45) is 0 Å². The van der Waals surface area contributed by atoms with Gasteiger partial charge in [0.25, 0.3) is 4.96 Å². The molecule has 1 saturated heterocycles. The highest BCUT2D eigenvalue weighted by Crippen LogP contribution is 2.30. The molecule has 2 aromatic heterocycles. The minimum absolute atomic E-state index is 0.0496. The van der Waals surface area contributed by atoms with Crippen LogP contribution in [0.25, 0.3) is 4.96 Å². The fourth-order valence-electron chi connectivity index (χ4n) is 2.27. The average Bonchev–Trinajstić information content (AvgIpc) is 3.11. The van der Waals surface area contributed by atoms with E-state index in [1.165, 1.54) is 15.7 Å². The van der Waals surface area contributed by atoms with E-state index in [4.69, 9.17) is 9.47 Å². The predicted octanol–water partition coefficient (Wildman–Crippen LogP) is 1.52. The maximum absolute atomic E-state index is 11.2. The maximum atomic E-state index is 11.2. The number of aromatic nitrogens is 2. The number of nitrogens with one attached hydrogen (secondary N) is 1. The van der Waals surface area contributed by atoms with Gasteiger partial charge in [-0.1, -0.05) is 11.3 Å². The second kappa shape index (κ2) is 5.00. The van der Waals surface area contributed by atoms with E-state index in [1.54, 1.807) is 18.7 Å². The number of thiazole rings is 1. The van der Waals surface area contributed by atoms with Gasteiger partial charge >= 0.3 is 5.82 Å². The number of fused-ring (bicyclic) bond motifs is 1. The third-order valence-corrected chi connectivity index (χ3v) is 4.24. The molecular formula is C11H14N4O4S. The highest BCUT2D eigenvalue weighted by Gasteiger charge is 2.36. The molecule has 0 aliphatic carbocycles. The van der Waals surface area contributed by atoms with Crippen LogP contribution in [-0.2, 0) is 9.47 Å². The van der Waals surface area contributed by atoms with Gasteiger partial charge in [0, 0.05) is 32.1 Å². The molecule has 2 aromatic rings. The molecule has 1 atom stereocenters. The van der Waals surface area contributed by atoms with Crippen molar-refractivity contribution < 1.29 is 14.4 Å². The molecular weight excluding hydrogens is 284 g/mol. The van der Waals surface area contributed by atoms with Gasteiger partial charge in [0.1, 0.15) is 11.8 Å².